The number of aliphatic hydroxyl groups excluding tert-OH is 1. The standard InChI is InChI=1S/C15H21ClN2O3/c1-12(19)15(20)18-7-5-17(6-8-18)9-10-21-14-4-2-3-13(16)11-14/h2-4,11-12,19H,5-10H2,1H3. The molecule has 0 radical (unpaired) electrons. The second-order valence-corrected chi connectivity index (χ2v) is 5.59. The molecule has 0 spiro atoms. The summed E-state index contributed by atoms with van der Waals surface area (Å²) in [6, 6.07) is 7.34. The Balaban J connectivity index is 1.68. The van der Waals surface area contributed by atoms with E-state index in [-0.39, 0.29) is 5.91 Å². The van der Waals surface area contributed by atoms with E-state index in [1.165, 1.54) is 6.92 Å². The molecular weight excluding hydrogens is 292 g/mol. The summed E-state index contributed by atoms with van der Waals surface area (Å²) < 4.78 is 5.66. The van der Waals surface area contributed by atoms with E-state index in [4.69, 9.17) is 16.3 Å². The van der Waals surface area contributed by atoms with Gasteiger partial charge in [0.15, 0.2) is 0 Å². The fourth-order valence-electron chi connectivity index (χ4n) is 2.31. The number of amides is 1. The van der Waals surface area contributed by atoms with Crippen molar-refractivity contribution in [2.24, 2.45) is 0 Å². The van der Waals surface area contributed by atoms with Crippen molar-refractivity contribution in [3.05, 3.63) is 29.3 Å². The lowest BCUT2D eigenvalue weighted by molar-refractivity contribution is -0.141. The number of nitrogens with zero attached hydrogens (tertiary/aromatic N) is 2. The smallest absolute Gasteiger partial charge is 0.251 e. The van der Waals surface area contributed by atoms with Gasteiger partial charge in [-0.3, -0.25) is 9.69 Å². The van der Waals surface area contributed by atoms with Crippen LogP contribution in [0.1, 0.15) is 6.92 Å². The lowest BCUT2D eigenvalue weighted by Gasteiger charge is -2.35. The van der Waals surface area contributed by atoms with Gasteiger partial charge in [0, 0.05) is 37.7 Å². The average Bonchev–Trinajstić information content (AvgIpc) is 2.47. The summed E-state index contributed by atoms with van der Waals surface area (Å²) in [4.78, 5) is 15.6. The third-order valence-corrected chi connectivity index (χ3v) is 3.75. The van der Waals surface area contributed by atoms with Crippen LogP contribution in [-0.4, -0.2) is 66.2 Å². The van der Waals surface area contributed by atoms with Crippen molar-refractivity contribution < 1.29 is 14.6 Å². The zero-order chi connectivity index (χ0) is 15.2. The first-order valence-corrected chi connectivity index (χ1v) is 7.51. The quantitative estimate of drug-likeness (QED) is 0.889. The molecule has 6 heteroatoms. The zero-order valence-electron chi connectivity index (χ0n) is 12.2. The number of rotatable bonds is 5. The van der Waals surface area contributed by atoms with Crippen LogP contribution in [0, 0.1) is 0 Å². The van der Waals surface area contributed by atoms with Crippen LogP contribution in [0.15, 0.2) is 24.3 Å². The second kappa shape index (κ2) is 7.64. The van der Waals surface area contributed by atoms with E-state index < -0.39 is 6.10 Å². The van der Waals surface area contributed by atoms with Gasteiger partial charge in [-0.2, -0.15) is 0 Å². The Labute approximate surface area is 130 Å². The monoisotopic (exact) mass is 312 g/mol. The van der Waals surface area contributed by atoms with E-state index in [1.807, 2.05) is 18.2 Å². The molecule has 0 saturated carbocycles. The molecule has 1 aromatic carbocycles. The van der Waals surface area contributed by atoms with Crippen molar-refractivity contribution in [1.82, 2.24) is 9.80 Å². The van der Waals surface area contributed by atoms with Gasteiger partial charge in [0.1, 0.15) is 18.5 Å². The lowest BCUT2D eigenvalue weighted by Crippen LogP contribution is -2.51. The van der Waals surface area contributed by atoms with Crippen LogP contribution in [0.4, 0.5) is 0 Å². The van der Waals surface area contributed by atoms with Crippen molar-refractivity contribution in [3.8, 4) is 5.75 Å². The summed E-state index contributed by atoms with van der Waals surface area (Å²) in [5.41, 5.74) is 0. The Morgan fingerprint density at radius 3 is 2.71 bits per heavy atom. The van der Waals surface area contributed by atoms with Gasteiger partial charge in [-0.05, 0) is 25.1 Å². The minimum atomic E-state index is -0.914. The van der Waals surface area contributed by atoms with E-state index in [2.05, 4.69) is 4.90 Å². The Morgan fingerprint density at radius 1 is 1.38 bits per heavy atom. The summed E-state index contributed by atoms with van der Waals surface area (Å²) in [7, 11) is 0. The van der Waals surface area contributed by atoms with Crippen LogP contribution >= 0.6 is 11.6 Å². The van der Waals surface area contributed by atoms with Gasteiger partial charge < -0.3 is 14.7 Å². The molecule has 1 aliphatic rings. The molecule has 1 aliphatic heterocycles. The molecule has 1 aromatic rings. The molecule has 1 atom stereocenters. The Morgan fingerprint density at radius 2 is 2.10 bits per heavy atom. The minimum Gasteiger partial charge on any atom is -0.492 e. The van der Waals surface area contributed by atoms with Gasteiger partial charge in [-0.1, -0.05) is 17.7 Å². The van der Waals surface area contributed by atoms with E-state index in [1.54, 1.807) is 11.0 Å². The minimum absolute atomic E-state index is 0.190. The van der Waals surface area contributed by atoms with Gasteiger partial charge in [0.05, 0.1) is 0 Å². The molecular formula is C15H21ClN2O3. The number of hydrogen-bond acceptors (Lipinski definition) is 4. The summed E-state index contributed by atoms with van der Waals surface area (Å²) in [6.07, 6.45) is -0.914. The van der Waals surface area contributed by atoms with Gasteiger partial charge in [-0.25, -0.2) is 0 Å². The van der Waals surface area contributed by atoms with Crippen LogP contribution in [0.2, 0.25) is 5.02 Å². The molecule has 0 aromatic heterocycles. The van der Waals surface area contributed by atoms with Gasteiger partial charge in [0.25, 0.3) is 5.91 Å². The van der Waals surface area contributed by atoms with Crippen LogP contribution < -0.4 is 4.74 Å². The predicted molar refractivity (Wildman–Crippen MR) is 81.6 cm³/mol. The van der Waals surface area contributed by atoms with Crippen molar-refractivity contribution in [1.29, 1.82) is 0 Å². The normalized spacial score (nSPS) is 17.6. The first kappa shape index (κ1) is 16.1. The third kappa shape index (κ3) is 4.88. The molecule has 1 fully saturated rings. The fraction of sp³-hybridized carbons (Fsp3) is 0.533. The SMILES string of the molecule is CC(O)C(=O)N1CCN(CCOc2cccc(Cl)c2)CC1. The average molecular weight is 313 g/mol. The van der Waals surface area contributed by atoms with Crippen LogP contribution in [0.5, 0.6) is 5.75 Å². The number of piperazine rings is 1. The lowest BCUT2D eigenvalue weighted by atomic mass is 10.2. The Hall–Kier alpha value is -1.30. The van der Waals surface area contributed by atoms with Crippen molar-refractivity contribution in [3.63, 3.8) is 0 Å². The topological polar surface area (TPSA) is 53.0 Å². The maximum absolute atomic E-state index is 11.7. The Kier molecular flexibility index (Phi) is 5.85. The maximum atomic E-state index is 11.7. The summed E-state index contributed by atoms with van der Waals surface area (Å²) in [5, 5.41) is 9.96. The van der Waals surface area contributed by atoms with Gasteiger partial charge >= 0.3 is 0 Å². The zero-order valence-corrected chi connectivity index (χ0v) is 12.9. The molecule has 5 nitrogen and oxygen atoms in total. The van der Waals surface area contributed by atoms with Crippen LogP contribution in [0.3, 0.4) is 0 Å². The number of benzene rings is 1. The molecule has 1 N–H and O–H groups in total. The van der Waals surface area contributed by atoms with Gasteiger partial charge in [0.2, 0.25) is 0 Å². The first-order valence-electron chi connectivity index (χ1n) is 7.14. The van der Waals surface area contributed by atoms with E-state index >= 15 is 0 Å². The molecule has 116 valence electrons. The molecule has 1 unspecified atom stereocenters. The second-order valence-electron chi connectivity index (χ2n) is 5.15. The highest BCUT2D eigenvalue weighted by Gasteiger charge is 2.23. The number of carbonyl (C=O) groups excluding carboxylic acids is 1. The van der Waals surface area contributed by atoms with Crippen molar-refractivity contribution in [2.75, 3.05) is 39.3 Å². The van der Waals surface area contributed by atoms with Gasteiger partial charge in [-0.15, -0.1) is 0 Å². The summed E-state index contributed by atoms with van der Waals surface area (Å²) in [5.74, 6) is 0.579. The molecule has 1 amide bonds. The third-order valence-electron chi connectivity index (χ3n) is 3.51. The van der Waals surface area contributed by atoms with Crippen molar-refractivity contribution in [2.45, 2.75) is 13.0 Å². The molecule has 1 heterocycles. The van der Waals surface area contributed by atoms with E-state index in [9.17, 15) is 9.90 Å². The molecule has 0 aliphatic carbocycles. The first-order chi connectivity index (χ1) is 10.1. The Bertz CT molecular complexity index is 474. The number of halogens is 1. The highest BCUT2D eigenvalue weighted by atomic mass is 35.5. The summed E-state index contributed by atoms with van der Waals surface area (Å²) in [6.45, 7) is 5.82. The highest BCUT2D eigenvalue weighted by molar-refractivity contribution is 6.30. The van der Waals surface area contributed by atoms with Crippen molar-refractivity contribution >= 4 is 17.5 Å². The number of ether oxygens (including phenoxy) is 1. The van der Waals surface area contributed by atoms with E-state index in [0.29, 0.717) is 24.7 Å². The highest BCUT2D eigenvalue weighted by Crippen LogP contribution is 2.17. The van der Waals surface area contributed by atoms with Crippen LogP contribution in [0.25, 0.3) is 0 Å². The molecule has 21 heavy (non-hydrogen) atoms. The number of hydrogen-bond donors (Lipinski definition) is 1. The van der Waals surface area contributed by atoms with Crippen LogP contribution in [-0.2, 0) is 4.79 Å². The number of carbonyl (C=O) groups is 1. The maximum Gasteiger partial charge on any atom is 0.251 e. The molecule has 1 saturated heterocycles. The van der Waals surface area contributed by atoms with E-state index in [0.717, 1.165) is 25.4 Å². The largest absolute Gasteiger partial charge is 0.492 e. The number of aliphatic hydroxyl groups is 1. The molecule has 0 bridgehead atoms. The predicted octanol–water partition coefficient (Wildman–Crippen LogP) is 1.24. The fourth-order valence-corrected chi connectivity index (χ4v) is 2.49. The molecule has 2 rings (SSSR count). The summed E-state index contributed by atoms with van der Waals surface area (Å²) >= 11 is 5.90.